The predicted molar refractivity (Wildman–Crippen MR) is 78.0 cm³/mol. The Morgan fingerprint density at radius 3 is 2.57 bits per heavy atom. The van der Waals surface area contributed by atoms with Crippen LogP contribution in [-0.4, -0.2) is 23.6 Å². The van der Waals surface area contributed by atoms with Crippen LogP contribution in [0.3, 0.4) is 0 Å². The van der Waals surface area contributed by atoms with Gasteiger partial charge in [0.1, 0.15) is 5.76 Å². The van der Waals surface area contributed by atoms with Crippen LogP contribution in [0.25, 0.3) is 0 Å². The first-order chi connectivity index (χ1) is 10.7. The minimum absolute atomic E-state index is 0.00653. The molecule has 0 aliphatic carbocycles. The average Bonchev–Trinajstić information content (AvgIpc) is 2.47. The van der Waals surface area contributed by atoms with Gasteiger partial charge in [-0.15, -0.1) is 16.7 Å². The lowest BCUT2D eigenvalue weighted by molar-refractivity contribution is -0.139. The Labute approximate surface area is 139 Å². The Morgan fingerprint density at radius 2 is 2.04 bits per heavy atom. The molecule has 0 spiro atoms. The fourth-order valence-corrected chi connectivity index (χ4v) is 1.73. The van der Waals surface area contributed by atoms with Crippen LogP contribution in [0.15, 0.2) is 39.9 Å². The molecule has 5 nitrogen and oxygen atoms in total. The van der Waals surface area contributed by atoms with Gasteiger partial charge >= 0.3 is 12.1 Å². The van der Waals surface area contributed by atoms with E-state index in [1.807, 2.05) is 0 Å². The van der Waals surface area contributed by atoms with E-state index in [9.17, 15) is 23.1 Å². The quantitative estimate of drug-likeness (QED) is 0.260. The minimum atomic E-state index is -4.67. The van der Waals surface area contributed by atoms with Crippen LogP contribution in [0.1, 0.15) is 12.5 Å². The maximum Gasteiger partial charge on any atom is 0.417 e. The number of esters is 1. The van der Waals surface area contributed by atoms with Crippen LogP contribution < -0.4 is 0 Å². The van der Waals surface area contributed by atoms with Crippen molar-refractivity contribution in [3.63, 3.8) is 0 Å². The molecule has 0 heterocycles. The van der Waals surface area contributed by atoms with Gasteiger partial charge in [-0.05, 0) is 25.1 Å². The molecule has 1 N–H and O–H groups in total. The highest BCUT2D eigenvalue weighted by Gasteiger charge is 2.33. The van der Waals surface area contributed by atoms with Crippen LogP contribution in [0.5, 0.6) is 0 Å². The minimum Gasteiger partial charge on any atom is -0.508 e. The highest BCUT2D eigenvalue weighted by molar-refractivity contribution is 6.31. The van der Waals surface area contributed by atoms with E-state index in [4.69, 9.17) is 23.2 Å². The number of aliphatic hydroxyl groups is 1. The van der Waals surface area contributed by atoms with Gasteiger partial charge in [-0.2, -0.15) is 18.3 Å². The molecule has 0 radical (unpaired) electrons. The topological polar surface area (TPSA) is 71.2 Å². The van der Waals surface area contributed by atoms with Gasteiger partial charge in [-0.25, -0.2) is 4.79 Å². The van der Waals surface area contributed by atoms with Crippen LogP contribution in [0.4, 0.5) is 18.9 Å². The second-order valence-electron chi connectivity index (χ2n) is 4.01. The van der Waals surface area contributed by atoms with Crippen LogP contribution in [0.2, 0.25) is 5.02 Å². The molecule has 0 atom stereocenters. The zero-order chi connectivity index (χ0) is 17.6. The average molecular weight is 371 g/mol. The van der Waals surface area contributed by atoms with Crippen molar-refractivity contribution >= 4 is 34.9 Å². The van der Waals surface area contributed by atoms with E-state index < -0.39 is 40.1 Å². The fourth-order valence-electron chi connectivity index (χ4n) is 1.38. The van der Waals surface area contributed by atoms with Gasteiger partial charge in [0, 0.05) is 0 Å². The summed E-state index contributed by atoms with van der Waals surface area (Å²) in [5.74, 6) is -2.06. The van der Waals surface area contributed by atoms with Gasteiger partial charge in [0.05, 0.1) is 28.8 Å². The largest absolute Gasteiger partial charge is 0.508 e. The van der Waals surface area contributed by atoms with Gasteiger partial charge in [0.15, 0.2) is 0 Å². The van der Waals surface area contributed by atoms with E-state index >= 15 is 0 Å². The van der Waals surface area contributed by atoms with Crippen LogP contribution in [0, 0.1) is 0 Å². The standard InChI is InChI=1S/C13H11Cl2F3N2O3/c1-2-23-12(22)11(10(21)6-14)20-19-7-3-4-9(15)8(5-7)13(16,17)18/h3-5,21H,2,6H2,1H3/b11-10+,20-19?. The lowest BCUT2D eigenvalue weighted by Crippen LogP contribution is -2.09. The van der Waals surface area contributed by atoms with E-state index in [1.54, 1.807) is 0 Å². The fraction of sp³-hybridized carbons (Fsp3) is 0.308. The van der Waals surface area contributed by atoms with Crippen molar-refractivity contribution in [2.45, 2.75) is 13.1 Å². The summed E-state index contributed by atoms with van der Waals surface area (Å²) in [6, 6.07) is 2.82. The SMILES string of the molecule is CCOC(=O)/C(N=Nc1ccc(Cl)c(C(F)(F)F)c1)=C(\O)CCl. The molecule has 0 bridgehead atoms. The lowest BCUT2D eigenvalue weighted by Gasteiger charge is -2.09. The second kappa shape index (κ2) is 8.16. The normalized spacial score (nSPS) is 13.1. The van der Waals surface area contributed by atoms with Crippen LogP contribution >= 0.6 is 23.2 Å². The molecule has 0 aliphatic heterocycles. The summed E-state index contributed by atoms with van der Waals surface area (Å²) in [6.07, 6.45) is -4.67. The van der Waals surface area contributed by atoms with Crippen LogP contribution in [-0.2, 0) is 15.7 Å². The predicted octanol–water partition coefficient (Wildman–Crippen LogP) is 5.01. The second-order valence-corrected chi connectivity index (χ2v) is 4.69. The molecule has 1 aromatic rings. The highest BCUT2D eigenvalue weighted by atomic mass is 35.5. The third-order valence-corrected chi connectivity index (χ3v) is 2.97. The molecule has 0 saturated carbocycles. The number of hydrogen-bond acceptors (Lipinski definition) is 5. The lowest BCUT2D eigenvalue weighted by atomic mass is 10.2. The summed E-state index contributed by atoms with van der Waals surface area (Å²) in [7, 11) is 0. The number of rotatable bonds is 5. The summed E-state index contributed by atoms with van der Waals surface area (Å²) in [6.45, 7) is 1.53. The van der Waals surface area contributed by atoms with Gasteiger partial charge in [0.2, 0.25) is 5.70 Å². The number of halogens is 5. The maximum atomic E-state index is 12.7. The maximum absolute atomic E-state index is 12.7. The molecule has 10 heteroatoms. The summed E-state index contributed by atoms with van der Waals surface area (Å²) in [5.41, 5.74) is -1.91. The first kappa shape index (κ1) is 19.2. The first-order valence-corrected chi connectivity index (χ1v) is 7.05. The van der Waals surface area contributed by atoms with E-state index in [1.165, 1.54) is 13.0 Å². The van der Waals surface area contributed by atoms with E-state index in [-0.39, 0.29) is 12.3 Å². The van der Waals surface area contributed by atoms with E-state index in [0.717, 1.165) is 6.07 Å². The van der Waals surface area contributed by atoms with Crippen molar-refractivity contribution in [2.75, 3.05) is 12.5 Å². The highest BCUT2D eigenvalue weighted by Crippen LogP contribution is 2.36. The summed E-state index contributed by atoms with van der Waals surface area (Å²) in [5, 5.41) is 15.9. The number of carbonyl (C=O) groups is 1. The molecular formula is C13H11Cl2F3N2O3. The van der Waals surface area contributed by atoms with Crippen molar-refractivity contribution in [2.24, 2.45) is 10.2 Å². The summed E-state index contributed by atoms with van der Waals surface area (Å²) < 4.78 is 42.9. The third-order valence-electron chi connectivity index (χ3n) is 2.39. The van der Waals surface area contributed by atoms with E-state index in [0.29, 0.717) is 6.07 Å². The smallest absolute Gasteiger partial charge is 0.417 e. The Morgan fingerprint density at radius 1 is 1.39 bits per heavy atom. The molecule has 0 aromatic heterocycles. The molecule has 1 aromatic carbocycles. The van der Waals surface area contributed by atoms with Gasteiger partial charge < -0.3 is 9.84 Å². The van der Waals surface area contributed by atoms with Gasteiger partial charge in [-0.3, -0.25) is 0 Å². The number of benzene rings is 1. The Balaban J connectivity index is 3.18. The van der Waals surface area contributed by atoms with Crippen molar-refractivity contribution in [1.29, 1.82) is 0 Å². The Bertz CT molecular complexity index is 646. The number of allylic oxidation sites excluding steroid dienone is 1. The van der Waals surface area contributed by atoms with Crippen molar-refractivity contribution in [3.05, 3.63) is 40.2 Å². The molecule has 0 unspecified atom stereocenters. The van der Waals surface area contributed by atoms with Crippen molar-refractivity contribution < 1.29 is 27.8 Å². The molecule has 126 valence electrons. The number of azo groups is 1. The first-order valence-electron chi connectivity index (χ1n) is 6.14. The number of nitrogens with zero attached hydrogens (tertiary/aromatic N) is 2. The Kier molecular flexibility index (Phi) is 6.83. The molecule has 0 saturated heterocycles. The molecular weight excluding hydrogens is 360 g/mol. The van der Waals surface area contributed by atoms with Gasteiger partial charge in [0.25, 0.3) is 0 Å². The zero-order valence-electron chi connectivity index (χ0n) is 11.7. The summed E-state index contributed by atoms with van der Waals surface area (Å²) in [4.78, 5) is 11.6. The Hall–Kier alpha value is -1.80. The third kappa shape index (κ3) is 5.40. The zero-order valence-corrected chi connectivity index (χ0v) is 13.2. The van der Waals surface area contributed by atoms with Crippen molar-refractivity contribution in [3.8, 4) is 0 Å². The molecule has 23 heavy (non-hydrogen) atoms. The van der Waals surface area contributed by atoms with Gasteiger partial charge in [-0.1, -0.05) is 11.6 Å². The molecule has 0 fully saturated rings. The van der Waals surface area contributed by atoms with Crippen molar-refractivity contribution in [1.82, 2.24) is 0 Å². The van der Waals surface area contributed by atoms with E-state index in [2.05, 4.69) is 15.0 Å². The number of carbonyl (C=O) groups excluding carboxylic acids is 1. The number of hydrogen-bond donors (Lipinski definition) is 1. The monoisotopic (exact) mass is 370 g/mol. The number of aliphatic hydroxyl groups excluding tert-OH is 1. The molecule has 1 rings (SSSR count). The molecule has 0 amide bonds. The summed E-state index contributed by atoms with van der Waals surface area (Å²) >= 11 is 10.9. The number of alkyl halides is 4. The number of ether oxygens (including phenoxy) is 1. The molecule has 0 aliphatic rings.